The third-order valence-corrected chi connectivity index (χ3v) is 4.66. The Hall–Kier alpha value is -3.12. The molecule has 0 radical (unpaired) electrons. The molecule has 0 spiro atoms. The molecule has 0 saturated carbocycles. The Labute approximate surface area is 157 Å². The Kier molecular flexibility index (Phi) is 4.89. The normalized spacial score (nSPS) is 14.9. The average Bonchev–Trinajstić information content (AvgIpc) is 3.09. The summed E-state index contributed by atoms with van der Waals surface area (Å²) in [4.78, 5) is 21.0. The summed E-state index contributed by atoms with van der Waals surface area (Å²) in [6, 6.07) is 14.1. The van der Waals surface area contributed by atoms with Gasteiger partial charge in [-0.2, -0.15) is 0 Å². The molecule has 0 bridgehead atoms. The van der Waals surface area contributed by atoms with E-state index in [0.29, 0.717) is 6.42 Å². The number of carbonyl (C=O) groups is 1. The van der Waals surface area contributed by atoms with Gasteiger partial charge in [-0.25, -0.2) is 9.78 Å². The standard InChI is InChI=1S/C21H21N3O3/c25-21(26)8-5-15-1-3-16(4-2-15)13-20-22-18-7-6-17(14-19(18)23-20)24-9-11-27-12-10-24/h1-8,14H,9-13H2,(H,22,23)(H,25,26). The SMILES string of the molecule is O=C(O)C=Cc1ccc(Cc2nc3ccc(N4CCOCC4)cc3[nH]2)cc1. The number of carboxylic acid groups (broad SMARTS) is 1. The molecule has 0 unspecified atom stereocenters. The molecule has 3 aromatic rings. The summed E-state index contributed by atoms with van der Waals surface area (Å²) in [6.45, 7) is 3.36. The minimum atomic E-state index is -0.946. The lowest BCUT2D eigenvalue weighted by Crippen LogP contribution is -2.36. The predicted molar refractivity (Wildman–Crippen MR) is 105 cm³/mol. The van der Waals surface area contributed by atoms with Gasteiger partial charge in [0.15, 0.2) is 0 Å². The van der Waals surface area contributed by atoms with Crippen molar-refractivity contribution in [2.24, 2.45) is 0 Å². The first-order valence-electron chi connectivity index (χ1n) is 8.99. The molecule has 138 valence electrons. The molecule has 1 aliphatic rings. The van der Waals surface area contributed by atoms with Gasteiger partial charge in [0.1, 0.15) is 5.82 Å². The Balaban J connectivity index is 1.49. The predicted octanol–water partition coefficient (Wildman–Crippen LogP) is 3.09. The van der Waals surface area contributed by atoms with E-state index >= 15 is 0 Å². The van der Waals surface area contributed by atoms with Crippen LogP contribution < -0.4 is 4.90 Å². The van der Waals surface area contributed by atoms with E-state index in [1.165, 1.54) is 5.69 Å². The number of H-pyrrole nitrogens is 1. The molecule has 2 aromatic carbocycles. The number of anilines is 1. The molecule has 1 aromatic heterocycles. The Morgan fingerprint density at radius 3 is 2.70 bits per heavy atom. The summed E-state index contributed by atoms with van der Waals surface area (Å²) in [5.41, 5.74) is 5.17. The molecule has 2 N–H and O–H groups in total. The molecular weight excluding hydrogens is 342 g/mol. The van der Waals surface area contributed by atoms with Crippen molar-refractivity contribution in [2.45, 2.75) is 6.42 Å². The number of nitrogens with one attached hydrogen (secondary N) is 1. The van der Waals surface area contributed by atoms with Gasteiger partial charge >= 0.3 is 5.97 Å². The minimum absolute atomic E-state index is 0.699. The molecule has 0 amide bonds. The van der Waals surface area contributed by atoms with Crippen LogP contribution in [0.3, 0.4) is 0 Å². The molecule has 1 fully saturated rings. The Bertz CT molecular complexity index is 970. The van der Waals surface area contributed by atoms with Crippen molar-refractivity contribution in [1.82, 2.24) is 9.97 Å². The molecule has 1 saturated heterocycles. The molecule has 2 heterocycles. The lowest BCUT2D eigenvalue weighted by molar-refractivity contribution is -0.131. The van der Waals surface area contributed by atoms with Crippen molar-refractivity contribution in [3.63, 3.8) is 0 Å². The summed E-state index contributed by atoms with van der Waals surface area (Å²) >= 11 is 0. The van der Waals surface area contributed by atoms with Crippen molar-refractivity contribution < 1.29 is 14.6 Å². The quantitative estimate of drug-likeness (QED) is 0.681. The number of aliphatic carboxylic acids is 1. The zero-order chi connectivity index (χ0) is 18.6. The number of benzene rings is 2. The van der Waals surface area contributed by atoms with Gasteiger partial charge in [-0.1, -0.05) is 24.3 Å². The van der Waals surface area contributed by atoms with Gasteiger partial charge in [-0.15, -0.1) is 0 Å². The van der Waals surface area contributed by atoms with E-state index in [0.717, 1.165) is 60.4 Å². The zero-order valence-electron chi connectivity index (χ0n) is 14.9. The average molecular weight is 363 g/mol. The fraction of sp³-hybridized carbons (Fsp3) is 0.238. The second-order valence-corrected chi connectivity index (χ2v) is 6.57. The maximum absolute atomic E-state index is 10.6. The van der Waals surface area contributed by atoms with Crippen LogP contribution in [0.4, 0.5) is 5.69 Å². The number of imidazole rings is 1. The largest absolute Gasteiger partial charge is 0.478 e. The van der Waals surface area contributed by atoms with Crippen molar-refractivity contribution in [3.05, 3.63) is 65.5 Å². The summed E-state index contributed by atoms with van der Waals surface area (Å²) in [7, 11) is 0. The van der Waals surface area contributed by atoms with E-state index in [1.807, 2.05) is 24.3 Å². The fourth-order valence-electron chi connectivity index (χ4n) is 3.26. The van der Waals surface area contributed by atoms with Crippen LogP contribution in [0, 0.1) is 0 Å². The highest BCUT2D eigenvalue weighted by Crippen LogP contribution is 2.22. The van der Waals surface area contributed by atoms with Crippen LogP contribution in [0.1, 0.15) is 17.0 Å². The fourth-order valence-corrected chi connectivity index (χ4v) is 3.26. The van der Waals surface area contributed by atoms with Crippen molar-refractivity contribution in [1.29, 1.82) is 0 Å². The van der Waals surface area contributed by atoms with E-state index in [1.54, 1.807) is 6.08 Å². The topological polar surface area (TPSA) is 78.4 Å². The number of aromatic nitrogens is 2. The van der Waals surface area contributed by atoms with Gasteiger partial charge in [0.25, 0.3) is 0 Å². The lowest BCUT2D eigenvalue weighted by atomic mass is 10.1. The van der Waals surface area contributed by atoms with Crippen molar-refractivity contribution >= 4 is 28.8 Å². The first kappa shape index (κ1) is 17.3. The molecule has 0 atom stereocenters. The van der Waals surface area contributed by atoms with Gasteiger partial charge in [0, 0.05) is 31.3 Å². The van der Waals surface area contributed by atoms with Gasteiger partial charge in [0.05, 0.1) is 24.2 Å². The minimum Gasteiger partial charge on any atom is -0.478 e. The van der Waals surface area contributed by atoms with Crippen molar-refractivity contribution in [3.8, 4) is 0 Å². The van der Waals surface area contributed by atoms with Crippen LogP contribution in [-0.2, 0) is 16.0 Å². The molecule has 27 heavy (non-hydrogen) atoms. The second kappa shape index (κ2) is 7.63. The van der Waals surface area contributed by atoms with Crippen molar-refractivity contribution in [2.75, 3.05) is 31.2 Å². The zero-order valence-corrected chi connectivity index (χ0v) is 14.9. The maximum Gasteiger partial charge on any atom is 0.328 e. The third kappa shape index (κ3) is 4.17. The highest BCUT2D eigenvalue weighted by molar-refractivity contribution is 5.85. The van der Waals surface area contributed by atoms with Gasteiger partial charge < -0.3 is 19.7 Å². The molecule has 0 aliphatic carbocycles. The molecule has 6 nitrogen and oxygen atoms in total. The highest BCUT2D eigenvalue weighted by Gasteiger charge is 2.12. The number of nitrogens with zero attached hydrogens (tertiary/aromatic N) is 2. The highest BCUT2D eigenvalue weighted by atomic mass is 16.5. The smallest absolute Gasteiger partial charge is 0.328 e. The van der Waals surface area contributed by atoms with Crippen LogP contribution in [0.2, 0.25) is 0 Å². The van der Waals surface area contributed by atoms with E-state index in [2.05, 4.69) is 33.1 Å². The first-order valence-corrected chi connectivity index (χ1v) is 8.99. The van der Waals surface area contributed by atoms with Crippen LogP contribution in [0.25, 0.3) is 17.1 Å². The summed E-state index contributed by atoms with van der Waals surface area (Å²) in [5.74, 6) is -0.0317. The van der Waals surface area contributed by atoms with Crippen LogP contribution in [0.15, 0.2) is 48.5 Å². The number of hydrogen-bond acceptors (Lipinski definition) is 4. The van der Waals surface area contributed by atoms with Gasteiger partial charge in [-0.3, -0.25) is 0 Å². The van der Waals surface area contributed by atoms with E-state index in [-0.39, 0.29) is 0 Å². The van der Waals surface area contributed by atoms with Gasteiger partial charge in [-0.05, 0) is 35.4 Å². The summed E-state index contributed by atoms with van der Waals surface area (Å²) in [5, 5.41) is 8.69. The number of ether oxygens (including phenoxy) is 1. The summed E-state index contributed by atoms with van der Waals surface area (Å²) < 4.78 is 5.42. The maximum atomic E-state index is 10.6. The summed E-state index contributed by atoms with van der Waals surface area (Å²) in [6.07, 6.45) is 3.42. The van der Waals surface area contributed by atoms with E-state index in [9.17, 15) is 4.79 Å². The first-order chi connectivity index (χ1) is 13.2. The van der Waals surface area contributed by atoms with Gasteiger partial charge in [0.2, 0.25) is 0 Å². The number of hydrogen-bond donors (Lipinski definition) is 2. The number of aromatic amines is 1. The number of fused-ring (bicyclic) bond motifs is 1. The molecule has 6 heteroatoms. The molecular formula is C21H21N3O3. The monoisotopic (exact) mass is 363 g/mol. The number of morpholine rings is 1. The second-order valence-electron chi connectivity index (χ2n) is 6.57. The molecule has 1 aliphatic heterocycles. The number of carboxylic acids is 1. The number of rotatable bonds is 5. The van der Waals surface area contributed by atoms with E-state index in [4.69, 9.17) is 9.84 Å². The Morgan fingerprint density at radius 1 is 1.19 bits per heavy atom. The van der Waals surface area contributed by atoms with Crippen LogP contribution in [0.5, 0.6) is 0 Å². The van der Waals surface area contributed by atoms with Crippen LogP contribution in [-0.4, -0.2) is 47.3 Å². The lowest BCUT2D eigenvalue weighted by Gasteiger charge is -2.28. The van der Waals surface area contributed by atoms with Crippen LogP contribution >= 0.6 is 0 Å². The third-order valence-electron chi connectivity index (χ3n) is 4.66. The Morgan fingerprint density at radius 2 is 1.96 bits per heavy atom. The molecule has 4 rings (SSSR count). The van der Waals surface area contributed by atoms with E-state index < -0.39 is 5.97 Å².